The molecule has 0 aliphatic rings. The van der Waals surface area contributed by atoms with E-state index in [9.17, 15) is 4.79 Å². The number of rotatable bonds is 6. The zero-order chi connectivity index (χ0) is 22.1. The summed E-state index contributed by atoms with van der Waals surface area (Å²) in [6.07, 6.45) is 0. The number of pyridine rings is 1. The number of amides is 1. The summed E-state index contributed by atoms with van der Waals surface area (Å²) in [7, 11) is 1.61. The van der Waals surface area contributed by atoms with Crippen LogP contribution >= 0.6 is 0 Å². The summed E-state index contributed by atoms with van der Waals surface area (Å²) >= 11 is 0. The molecule has 4 rings (SSSR count). The lowest BCUT2D eigenvalue weighted by Gasteiger charge is -2.16. The molecule has 3 heterocycles. The van der Waals surface area contributed by atoms with Gasteiger partial charge < -0.3 is 14.6 Å². The number of carbonyl (C=O) groups is 1. The Morgan fingerprint density at radius 1 is 1.19 bits per heavy atom. The minimum atomic E-state index is -0.211. The molecule has 1 atom stereocenters. The molecule has 0 bridgehead atoms. The van der Waals surface area contributed by atoms with Gasteiger partial charge in [-0.05, 0) is 52.0 Å². The third-order valence-corrected chi connectivity index (χ3v) is 5.09. The summed E-state index contributed by atoms with van der Waals surface area (Å²) < 4.78 is 12.7. The molecule has 1 amide bonds. The van der Waals surface area contributed by atoms with Crippen LogP contribution in [0.4, 0.5) is 0 Å². The highest BCUT2D eigenvalue weighted by Gasteiger charge is 2.22. The molecule has 3 aromatic heterocycles. The smallest absolute Gasteiger partial charge is 0.259 e. The molecule has 0 radical (unpaired) electrons. The van der Waals surface area contributed by atoms with Gasteiger partial charge >= 0.3 is 0 Å². The van der Waals surface area contributed by atoms with Gasteiger partial charge in [-0.15, -0.1) is 0 Å². The van der Waals surface area contributed by atoms with Crippen molar-refractivity contribution in [1.82, 2.24) is 25.2 Å². The maximum Gasteiger partial charge on any atom is 0.259 e. The van der Waals surface area contributed by atoms with E-state index in [0.717, 1.165) is 17.0 Å². The molecule has 0 saturated heterocycles. The summed E-state index contributed by atoms with van der Waals surface area (Å²) in [5, 5.41) is 12.3. The van der Waals surface area contributed by atoms with Crippen LogP contribution in [-0.2, 0) is 6.54 Å². The first-order valence-corrected chi connectivity index (χ1v) is 10.1. The van der Waals surface area contributed by atoms with Crippen molar-refractivity contribution in [3.8, 4) is 17.0 Å². The number of nitrogens with one attached hydrogen (secondary N) is 1. The molecule has 1 N–H and O–H groups in total. The molecule has 8 heteroatoms. The van der Waals surface area contributed by atoms with Gasteiger partial charge in [0.15, 0.2) is 0 Å². The predicted octanol–water partition coefficient (Wildman–Crippen LogP) is 3.84. The van der Waals surface area contributed by atoms with E-state index < -0.39 is 0 Å². The van der Waals surface area contributed by atoms with Crippen LogP contribution in [0.1, 0.15) is 34.4 Å². The molecular formula is C23H25N5O3. The number of aromatic nitrogens is 4. The van der Waals surface area contributed by atoms with E-state index in [1.165, 1.54) is 0 Å². The van der Waals surface area contributed by atoms with Crippen LogP contribution in [0.2, 0.25) is 0 Å². The van der Waals surface area contributed by atoms with E-state index in [2.05, 4.69) is 20.6 Å². The van der Waals surface area contributed by atoms with Crippen LogP contribution < -0.4 is 10.1 Å². The van der Waals surface area contributed by atoms with E-state index in [-0.39, 0.29) is 11.9 Å². The van der Waals surface area contributed by atoms with Gasteiger partial charge in [-0.1, -0.05) is 17.3 Å². The van der Waals surface area contributed by atoms with E-state index in [0.29, 0.717) is 40.3 Å². The third-order valence-electron chi connectivity index (χ3n) is 5.09. The highest BCUT2D eigenvalue weighted by Crippen LogP contribution is 2.32. The number of fused-ring (bicyclic) bond motifs is 1. The summed E-state index contributed by atoms with van der Waals surface area (Å²) in [6.45, 7) is 8.31. The van der Waals surface area contributed by atoms with E-state index >= 15 is 0 Å². The Balaban J connectivity index is 1.68. The number of carbonyl (C=O) groups excluding carboxylic acids is 1. The van der Waals surface area contributed by atoms with Crippen LogP contribution in [-0.4, -0.2) is 39.0 Å². The van der Waals surface area contributed by atoms with Crippen molar-refractivity contribution in [2.45, 2.75) is 40.3 Å². The van der Waals surface area contributed by atoms with Crippen molar-refractivity contribution in [1.29, 1.82) is 0 Å². The average molecular weight is 419 g/mol. The summed E-state index contributed by atoms with van der Waals surface area (Å²) in [6, 6.07) is 11.1. The molecule has 0 aliphatic carbocycles. The van der Waals surface area contributed by atoms with Gasteiger partial charge in [-0.25, -0.2) is 4.98 Å². The Bertz CT molecular complexity index is 1260. The minimum Gasteiger partial charge on any atom is -0.497 e. The van der Waals surface area contributed by atoms with Gasteiger partial charge in [0.2, 0.25) is 0 Å². The molecular weight excluding hydrogens is 394 g/mol. The second kappa shape index (κ2) is 8.22. The fourth-order valence-electron chi connectivity index (χ4n) is 3.69. The first-order valence-electron chi connectivity index (χ1n) is 10.1. The minimum absolute atomic E-state index is 0.130. The normalized spacial score (nSPS) is 12.2. The first-order chi connectivity index (χ1) is 14.9. The van der Waals surface area contributed by atoms with Gasteiger partial charge in [0.05, 0.1) is 30.3 Å². The lowest BCUT2D eigenvalue weighted by Crippen LogP contribution is -2.36. The molecule has 0 unspecified atom stereocenters. The molecule has 0 aliphatic heterocycles. The number of aryl methyl sites for hydroxylation is 3. The Hall–Kier alpha value is -3.68. The lowest BCUT2D eigenvalue weighted by atomic mass is 10.0. The number of benzene rings is 1. The molecule has 0 saturated carbocycles. The number of nitrogens with zero attached hydrogens (tertiary/aromatic N) is 4. The lowest BCUT2D eigenvalue weighted by molar-refractivity contribution is 0.0937. The van der Waals surface area contributed by atoms with Gasteiger partial charge in [0.25, 0.3) is 11.6 Å². The van der Waals surface area contributed by atoms with Crippen molar-refractivity contribution >= 4 is 17.0 Å². The van der Waals surface area contributed by atoms with Crippen LogP contribution in [0.5, 0.6) is 5.75 Å². The Morgan fingerprint density at radius 2 is 2.00 bits per heavy atom. The fraction of sp³-hybridized carbons (Fsp3) is 0.304. The maximum atomic E-state index is 13.2. The number of ether oxygens (including phenoxy) is 1. The molecule has 31 heavy (non-hydrogen) atoms. The van der Waals surface area contributed by atoms with E-state index in [1.54, 1.807) is 13.2 Å². The molecule has 0 spiro atoms. The highest BCUT2D eigenvalue weighted by molar-refractivity contribution is 6.09. The Labute approximate surface area is 180 Å². The third kappa shape index (κ3) is 4.14. The quantitative estimate of drug-likeness (QED) is 0.510. The van der Waals surface area contributed by atoms with Gasteiger partial charge in [-0.2, -0.15) is 5.10 Å². The van der Waals surface area contributed by atoms with Gasteiger partial charge in [0.1, 0.15) is 11.4 Å². The molecule has 160 valence electrons. The summed E-state index contributed by atoms with van der Waals surface area (Å²) in [4.78, 5) is 17.7. The maximum absolute atomic E-state index is 13.2. The highest BCUT2D eigenvalue weighted by atomic mass is 16.5. The van der Waals surface area contributed by atoms with E-state index in [4.69, 9.17) is 9.26 Å². The number of methoxy groups -OCH3 is 1. The van der Waals surface area contributed by atoms with Crippen molar-refractivity contribution in [3.63, 3.8) is 0 Å². The van der Waals surface area contributed by atoms with Gasteiger partial charge in [-0.3, -0.25) is 9.48 Å². The van der Waals surface area contributed by atoms with Crippen LogP contribution in [0, 0.1) is 20.8 Å². The second-order valence-electron chi connectivity index (χ2n) is 7.74. The molecule has 8 nitrogen and oxygen atoms in total. The van der Waals surface area contributed by atoms with Crippen LogP contribution in [0.15, 0.2) is 40.9 Å². The van der Waals surface area contributed by atoms with Crippen LogP contribution in [0.3, 0.4) is 0 Å². The van der Waals surface area contributed by atoms with Crippen molar-refractivity contribution in [3.05, 3.63) is 59.0 Å². The predicted molar refractivity (Wildman–Crippen MR) is 117 cm³/mol. The second-order valence-corrected chi connectivity index (χ2v) is 7.74. The first kappa shape index (κ1) is 20.6. The van der Waals surface area contributed by atoms with Crippen molar-refractivity contribution < 1.29 is 14.1 Å². The summed E-state index contributed by atoms with van der Waals surface area (Å²) in [5.74, 6) is 0.482. The van der Waals surface area contributed by atoms with Crippen molar-refractivity contribution in [2.75, 3.05) is 7.11 Å². The zero-order valence-electron chi connectivity index (χ0n) is 18.3. The summed E-state index contributed by atoms with van der Waals surface area (Å²) in [5.41, 5.74) is 4.83. The van der Waals surface area contributed by atoms with Gasteiger partial charge in [0, 0.05) is 23.0 Å². The Kier molecular flexibility index (Phi) is 5.46. The molecule has 4 aromatic rings. The zero-order valence-corrected chi connectivity index (χ0v) is 18.3. The number of hydrogen-bond acceptors (Lipinski definition) is 6. The van der Waals surface area contributed by atoms with Crippen molar-refractivity contribution in [2.24, 2.45) is 0 Å². The fourth-order valence-corrected chi connectivity index (χ4v) is 3.69. The molecule has 0 fully saturated rings. The van der Waals surface area contributed by atoms with Crippen LogP contribution in [0.25, 0.3) is 22.4 Å². The number of hydrogen-bond donors (Lipinski definition) is 1. The molecule has 1 aromatic carbocycles. The SMILES string of the molecule is COc1cccc(-c2noc3nc(C)cc(C(=O)N[C@@H](C)Cn4nc(C)cc4C)c23)c1. The topological polar surface area (TPSA) is 95.1 Å². The monoisotopic (exact) mass is 419 g/mol. The largest absolute Gasteiger partial charge is 0.497 e. The van der Waals surface area contributed by atoms with E-state index in [1.807, 2.05) is 62.7 Å². The average Bonchev–Trinajstić information content (AvgIpc) is 3.29. The standard InChI is InChI=1S/C23H25N5O3/c1-13-10-19(22(29)24-15(3)12-28-16(4)9-14(2)26-28)20-21(27-31-23(20)25-13)17-7-6-8-18(11-17)30-5/h6-11,15H,12H2,1-5H3,(H,24,29)/t15-/m0/s1. The Morgan fingerprint density at radius 3 is 2.71 bits per heavy atom.